The normalized spacial score (nSPS) is 20.0. The van der Waals surface area contributed by atoms with Crippen molar-refractivity contribution in [1.29, 1.82) is 0 Å². The van der Waals surface area contributed by atoms with Gasteiger partial charge in [0, 0.05) is 39.8 Å². The first-order valence-electron chi connectivity index (χ1n) is 9.21. The molecule has 0 radical (unpaired) electrons. The summed E-state index contributed by atoms with van der Waals surface area (Å²) in [6.45, 7) is 0.354. The molecule has 1 saturated heterocycles. The van der Waals surface area contributed by atoms with E-state index in [2.05, 4.69) is 20.0 Å². The van der Waals surface area contributed by atoms with Gasteiger partial charge in [0.25, 0.3) is 5.91 Å². The molecule has 2 aliphatic rings. The van der Waals surface area contributed by atoms with Crippen molar-refractivity contribution in [3.63, 3.8) is 0 Å². The van der Waals surface area contributed by atoms with Gasteiger partial charge >= 0.3 is 22.5 Å². The van der Waals surface area contributed by atoms with Crippen LogP contribution in [-0.4, -0.2) is 89.3 Å². The molecule has 0 aromatic carbocycles. The number of nitrogens with zero attached hydrogens (tertiary/aromatic N) is 5. The Bertz CT molecular complexity index is 1010. The van der Waals surface area contributed by atoms with Crippen LogP contribution in [0.25, 0.3) is 0 Å². The van der Waals surface area contributed by atoms with Crippen molar-refractivity contribution in [3.8, 4) is 0 Å². The molecule has 0 spiro atoms. The lowest BCUT2D eigenvalue weighted by molar-refractivity contribution is -0.134. The average molecular weight is 460 g/mol. The lowest BCUT2D eigenvalue weighted by Crippen LogP contribution is -2.44. The van der Waals surface area contributed by atoms with E-state index < -0.39 is 40.5 Å². The van der Waals surface area contributed by atoms with E-state index in [0.29, 0.717) is 22.0 Å². The molecule has 172 valence electrons. The number of urea groups is 2. The number of nitrogens with two attached hydrogens (primary N) is 1. The van der Waals surface area contributed by atoms with Crippen molar-refractivity contribution < 1.29 is 31.6 Å². The summed E-state index contributed by atoms with van der Waals surface area (Å²) < 4.78 is 37.7. The van der Waals surface area contributed by atoms with Gasteiger partial charge in [0.15, 0.2) is 6.04 Å². The number of hydroxylamine groups is 2. The summed E-state index contributed by atoms with van der Waals surface area (Å²) in [7, 11) is -0.416. The lowest BCUT2D eigenvalue weighted by atomic mass is 9.94. The highest BCUT2D eigenvalue weighted by Gasteiger charge is 2.55. The van der Waals surface area contributed by atoms with E-state index in [9.17, 15) is 22.8 Å². The van der Waals surface area contributed by atoms with Crippen LogP contribution in [0, 0.1) is 0 Å². The molecule has 3 heterocycles. The average Bonchev–Trinajstić information content (AvgIpc) is 3.14. The van der Waals surface area contributed by atoms with Gasteiger partial charge in [-0.2, -0.15) is 18.6 Å². The summed E-state index contributed by atoms with van der Waals surface area (Å²) in [6.07, 6.45) is 0. The number of nitrogens with one attached hydrogen (secondary N) is 2. The van der Waals surface area contributed by atoms with Crippen LogP contribution in [0.15, 0.2) is 0 Å². The van der Waals surface area contributed by atoms with Gasteiger partial charge in [-0.15, -0.1) is 4.28 Å². The fourth-order valence-corrected chi connectivity index (χ4v) is 4.06. The second kappa shape index (κ2) is 8.29. The minimum Gasteiger partial charge on any atom is -0.347 e. The largest absolute Gasteiger partial charge is 0.418 e. The number of hydrogen-bond acceptors (Lipinski definition) is 8. The van der Waals surface area contributed by atoms with Crippen LogP contribution in [-0.2, 0) is 33.1 Å². The van der Waals surface area contributed by atoms with Crippen molar-refractivity contribution in [2.75, 3.05) is 33.7 Å². The van der Waals surface area contributed by atoms with Crippen molar-refractivity contribution >= 4 is 28.4 Å². The highest BCUT2D eigenvalue weighted by molar-refractivity contribution is 7.80. The van der Waals surface area contributed by atoms with Gasteiger partial charge in [0.05, 0.1) is 24.5 Å². The van der Waals surface area contributed by atoms with Gasteiger partial charge < -0.3 is 26.2 Å². The summed E-state index contributed by atoms with van der Waals surface area (Å²) in [5.41, 5.74) is 6.36. The Labute approximate surface area is 178 Å². The third-order valence-electron chi connectivity index (χ3n) is 4.89. The van der Waals surface area contributed by atoms with E-state index in [1.165, 1.54) is 23.7 Å². The summed E-state index contributed by atoms with van der Waals surface area (Å²) in [4.78, 5) is 40.1. The van der Waals surface area contributed by atoms with E-state index in [0.717, 1.165) is 4.90 Å². The van der Waals surface area contributed by atoms with Crippen molar-refractivity contribution in [2.45, 2.75) is 18.6 Å². The second-order valence-electron chi connectivity index (χ2n) is 7.18. The Morgan fingerprint density at radius 1 is 1.35 bits per heavy atom. The number of amides is 5. The Balaban J connectivity index is 2.04. The third kappa shape index (κ3) is 4.27. The molecule has 0 aliphatic carbocycles. The van der Waals surface area contributed by atoms with Gasteiger partial charge in [-0.25, -0.2) is 9.59 Å². The molecular weight excluding hydrogens is 436 g/mol. The lowest BCUT2D eigenvalue weighted by Gasteiger charge is -2.32. The van der Waals surface area contributed by atoms with E-state index in [4.69, 9.17) is 10.3 Å². The zero-order chi connectivity index (χ0) is 23.1. The zero-order valence-electron chi connectivity index (χ0n) is 17.1. The van der Waals surface area contributed by atoms with E-state index in [-0.39, 0.29) is 26.2 Å². The summed E-state index contributed by atoms with van der Waals surface area (Å²) in [5.74, 6) is -0.440. The van der Waals surface area contributed by atoms with E-state index >= 15 is 0 Å². The fourth-order valence-electron chi connectivity index (χ4n) is 3.69. The number of carbonyl (C=O) groups is 3. The topological polar surface area (TPSA) is 192 Å². The molecule has 5 amide bonds. The molecule has 1 fully saturated rings. The smallest absolute Gasteiger partial charge is 0.347 e. The van der Waals surface area contributed by atoms with Crippen LogP contribution in [0.5, 0.6) is 0 Å². The van der Waals surface area contributed by atoms with Crippen LogP contribution in [0.1, 0.15) is 29.0 Å². The number of aromatic nitrogens is 2. The molecule has 2 aliphatic heterocycles. The molecule has 0 saturated carbocycles. The predicted octanol–water partition coefficient (Wildman–Crippen LogP) is -2.17. The standard InChI is InChI=1S/C15H24N8O7S/c1-20(2)13(24)12-11-10(8(19-21(11)3)6-18-14(25)17-5-4-16)9-7-22(12)15(26)23(9)30-31(27,28)29/h9,12H,4-7,16H2,1-3H3,(H2,17,18,25)(H,27,28,29). The quantitative estimate of drug-likeness (QED) is 0.328. The molecule has 2 unspecified atom stereocenters. The highest BCUT2D eigenvalue weighted by atomic mass is 32.3. The Kier molecular flexibility index (Phi) is 6.08. The molecule has 31 heavy (non-hydrogen) atoms. The van der Waals surface area contributed by atoms with Gasteiger partial charge in [0.1, 0.15) is 6.04 Å². The van der Waals surface area contributed by atoms with Crippen LogP contribution >= 0.6 is 0 Å². The van der Waals surface area contributed by atoms with E-state index in [1.54, 1.807) is 7.05 Å². The molecule has 16 heteroatoms. The van der Waals surface area contributed by atoms with Crippen molar-refractivity contribution in [1.82, 2.24) is 35.3 Å². The van der Waals surface area contributed by atoms with Gasteiger partial charge in [-0.1, -0.05) is 0 Å². The summed E-state index contributed by atoms with van der Waals surface area (Å²) in [5, 5.41) is 9.98. The van der Waals surface area contributed by atoms with Gasteiger partial charge in [-0.05, 0) is 0 Å². The minimum absolute atomic E-state index is 0.0765. The molecule has 1 aromatic heterocycles. The number of likely N-dealkylation sites (N-methyl/N-ethyl adjacent to an activating group) is 1. The first kappa shape index (κ1) is 22.7. The molecular formula is C15H24N8O7S. The van der Waals surface area contributed by atoms with Crippen LogP contribution < -0.4 is 16.4 Å². The Morgan fingerprint density at radius 3 is 2.61 bits per heavy atom. The number of carbonyl (C=O) groups excluding carboxylic acids is 3. The van der Waals surface area contributed by atoms with Crippen molar-refractivity contribution in [2.24, 2.45) is 12.8 Å². The molecule has 2 atom stereocenters. The summed E-state index contributed by atoms with van der Waals surface area (Å²) >= 11 is 0. The minimum atomic E-state index is -5.01. The number of rotatable bonds is 7. The molecule has 5 N–H and O–H groups in total. The number of fused-ring (bicyclic) bond motifs is 4. The van der Waals surface area contributed by atoms with Crippen molar-refractivity contribution in [3.05, 3.63) is 17.0 Å². The highest BCUT2D eigenvalue weighted by Crippen LogP contribution is 2.45. The Morgan fingerprint density at radius 2 is 2.03 bits per heavy atom. The molecule has 3 rings (SSSR count). The van der Waals surface area contributed by atoms with Crippen LogP contribution in [0.4, 0.5) is 9.59 Å². The Hall–Kier alpha value is -2.95. The van der Waals surface area contributed by atoms with Gasteiger partial charge in [0.2, 0.25) is 0 Å². The molecule has 15 nitrogen and oxygen atoms in total. The predicted molar refractivity (Wildman–Crippen MR) is 103 cm³/mol. The summed E-state index contributed by atoms with van der Waals surface area (Å²) in [6, 6.07) is -3.48. The maximum Gasteiger partial charge on any atom is 0.418 e. The molecule has 1 aromatic rings. The maximum atomic E-state index is 12.9. The zero-order valence-corrected chi connectivity index (χ0v) is 17.9. The SMILES string of the molecule is CN(C)C(=O)C1c2c(c(CNC(=O)NCCN)nn2C)C2CN1C(=O)N2OS(=O)(=O)O. The first-order chi connectivity index (χ1) is 14.5. The maximum absolute atomic E-state index is 12.9. The van der Waals surface area contributed by atoms with E-state index in [1.807, 2.05) is 0 Å². The van der Waals surface area contributed by atoms with Crippen LogP contribution in [0.2, 0.25) is 0 Å². The van der Waals surface area contributed by atoms with Crippen LogP contribution in [0.3, 0.4) is 0 Å². The molecule has 2 bridgehead atoms. The number of hydrogen-bond donors (Lipinski definition) is 4. The third-order valence-corrected chi connectivity index (χ3v) is 5.24. The monoisotopic (exact) mass is 460 g/mol. The fraction of sp³-hybridized carbons (Fsp3) is 0.600. The first-order valence-corrected chi connectivity index (χ1v) is 10.6. The van der Waals surface area contributed by atoms with Gasteiger partial charge in [-0.3, -0.25) is 14.0 Å². The second-order valence-corrected chi connectivity index (χ2v) is 8.19. The number of aryl methyl sites for hydroxylation is 1.